The summed E-state index contributed by atoms with van der Waals surface area (Å²) in [7, 11) is 1.65. The van der Waals surface area contributed by atoms with E-state index in [4.69, 9.17) is 14.0 Å². The van der Waals surface area contributed by atoms with Crippen LogP contribution in [0.25, 0.3) is 0 Å². The molecule has 1 aliphatic carbocycles. The van der Waals surface area contributed by atoms with Gasteiger partial charge in [0, 0.05) is 23.6 Å². The number of aryl methyl sites for hydroxylation is 1. The van der Waals surface area contributed by atoms with Crippen molar-refractivity contribution >= 4 is 11.7 Å². The van der Waals surface area contributed by atoms with Gasteiger partial charge in [0.2, 0.25) is 5.88 Å². The maximum Gasteiger partial charge on any atom is 0.233 e. The topological polar surface area (TPSA) is 73.6 Å². The van der Waals surface area contributed by atoms with E-state index in [0.29, 0.717) is 18.9 Å². The van der Waals surface area contributed by atoms with Gasteiger partial charge in [0.1, 0.15) is 11.5 Å². The third kappa shape index (κ3) is 3.45. The first-order chi connectivity index (χ1) is 15.6. The average Bonchev–Trinajstić information content (AvgIpc) is 3.18. The molecule has 6 heteroatoms. The summed E-state index contributed by atoms with van der Waals surface area (Å²) in [4.78, 5) is 13.5. The zero-order valence-electron chi connectivity index (χ0n) is 18.5. The maximum atomic E-state index is 13.5. The Morgan fingerprint density at radius 2 is 1.72 bits per heavy atom. The van der Waals surface area contributed by atoms with E-state index in [0.717, 1.165) is 51.6 Å². The van der Waals surface area contributed by atoms with Crippen LogP contribution in [0.4, 0.5) is 5.88 Å². The first kappa shape index (κ1) is 20.4. The van der Waals surface area contributed by atoms with Crippen LogP contribution < -0.4 is 14.8 Å². The molecule has 0 spiro atoms. The monoisotopic (exact) mass is 430 g/mol. The van der Waals surface area contributed by atoms with Gasteiger partial charge in [-0.1, -0.05) is 29.4 Å². The minimum Gasteiger partial charge on any atom is -0.497 e. The van der Waals surface area contributed by atoms with Crippen LogP contribution in [0.5, 0.6) is 11.5 Å². The number of ketones is 1. The molecule has 2 aromatic carbocycles. The third-order valence-corrected chi connectivity index (χ3v) is 6.37. The van der Waals surface area contributed by atoms with Crippen LogP contribution in [0.1, 0.15) is 54.0 Å². The van der Waals surface area contributed by atoms with Crippen LogP contribution in [0.2, 0.25) is 0 Å². The lowest BCUT2D eigenvalue weighted by Crippen LogP contribution is -2.29. The molecule has 0 saturated heterocycles. The largest absolute Gasteiger partial charge is 0.497 e. The fourth-order valence-corrected chi connectivity index (χ4v) is 4.84. The number of nitrogens with zero attached hydrogens (tertiary/aromatic N) is 1. The fraction of sp³-hybridized carbons (Fsp3) is 0.308. The molecule has 5 rings (SSSR count). The number of carbonyl (C=O) groups excluding carboxylic acids is 1. The molecule has 2 heterocycles. The summed E-state index contributed by atoms with van der Waals surface area (Å²) in [5.74, 6) is 2.31. The minimum absolute atomic E-state index is 0.103. The van der Waals surface area contributed by atoms with Crippen LogP contribution in [0.15, 0.2) is 64.3 Å². The first-order valence-corrected chi connectivity index (χ1v) is 10.9. The summed E-state index contributed by atoms with van der Waals surface area (Å²) in [5, 5.41) is 7.57. The van der Waals surface area contributed by atoms with Crippen LogP contribution in [-0.2, 0) is 4.79 Å². The lowest BCUT2D eigenvalue weighted by atomic mass is 9.72. The summed E-state index contributed by atoms with van der Waals surface area (Å²) in [6.07, 6.45) is 1.21. The zero-order chi connectivity index (χ0) is 22.2. The van der Waals surface area contributed by atoms with Gasteiger partial charge in [-0.05, 0) is 61.6 Å². The molecular formula is C26H26N2O4. The molecule has 32 heavy (non-hydrogen) atoms. The van der Waals surface area contributed by atoms with Crippen LogP contribution in [0, 0.1) is 6.92 Å². The number of anilines is 1. The summed E-state index contributed by atoms with van der Waals surface area (Å²) in [6.45, 7) is 4.50. The van der Waals surface area contributed by atoms with Gasteiger partial charge in [0.05, 0.1) is 25.0 Å². The summed E-state index contributed by atoms with van der Waals surface area (Å²) < 4.78 is 16.5. The third-order valence-electron chi connectivity index (χ3n) is 6.37. The lowest BCUT2D eigenvalue weighted by Gasteiger charge is -2.34. The Labute approximate surface area is 187 Å². The number of ether oxygens (including phenoxy) is 2. The van der Waals surface area contributed by atoms with Crippen molar-refractivity contribution in [2.45, 2.75) is 38.5 Å². The fourth-order valence-electron chi connectivity index (χ4n) is 4.84. The SMILES string of the molecule is CCOc1ccc([C@H]2C3=C(C[C@H](c4ccc(OC)cc4)CC3=O)Nc3onc(C)c32)cc1. The Bertz CT molecular complexity index is 1180. The van der Waals surface area contributed by atoms with Crippen LogP contribution in [-0.4, -0.2) is 24.7 Å². The van der Waals surface area contributed by atoms with Crippen molar-refractivity contribution in [1.82, 2.24) is 5.16 Å². The number of hydrogen-bond acceptors (Lipinski definition) is 6. The summed E-state index contributed by atoms with van der Waals surface area (Å²) in [6, 6.07) is 15.9. The number of benzene rings is 2. The predicted octanol–water partition coefficient (Wildman–Crippen LogP) is 5.35. The summed E-state index contributed by atoms with van der Waals surface area (Å²) >= 11 is 0. The molecule has 0 fully saturated rings. The van der Waals surface area contributed by atoms with Gasteiger partial charge in [-0.3, -0.25) is 4.79 Å². The maximum absolute atomic E-state index is 13.5. The van der Waals surface area contributed by atoms with E-state index in [-0.39, 0.29) is 17.6 Å². The van der Waals surface area contributed by atoms with Gasteiger partial charge >= 0.3 is 0 Å². The molecule has 1 N–H and O–H groups in total. The number of aromatic nitrogens is 1. The first-order valence-electron chi connectivity index (χ1n) is 10.9. The highest BCUT2D eigenvalue weighted by Crippen LogP contribution is 2.49. The van der Waals surface area contributed by atoms with Gasteiger partial charge in [-0.2, -0.15) is 0 Å². The van der Waals surface area contributed by atoms with E-state index in [9.17, 15) is 4.79 Å². The second kappa shape index (κ2) is 8.19. The highest BCUT2D eigenvalue weighted by Gasteiger charge is 2.41. The molecular weight excluding hydrogens is 404 g/mol. The number of rotatable bonds is 5. The second-order valence-corrected chi connectivity index (χ2v) is 8.26. The van der Waals surface area contributed by atoms with Crippen molar-refractivity contribution in [3.63, 3.8) is 0 Å². The van der Waals surface area contributed by atoms with Crippen molar-refractivity contribution in [2.24, 2.45) is 0 Å². The quantitative estimate of drug-likeness (QED) is 0.588. The highest BCUT2D eigenvalue weighted by molar-refractivity contribution is 6.01. The Morgan fingerprint density at radius 3 is 2.41 bits per heavy atom. The molecule has 1 aromatic heterocycles. The smallest absolute Gasteiger partial charge is 0.233 e. The zero-order valence-corrected chi connectivity index (χ0v) is 18.5. The van der Waals surface area contributed by atoms with Gasteiger partial charge in [0.25, 0.3) is 0 Å². The number of allylic oxidation sites excluding steroid dienone is 2. The molecule has 0 radical (unpaired) electrons. The van der Waals surface area contributed by atoms with Crippen molar-refractivity contribution in [3.05, 3.63) is 82.2 Å². The Kier molecular flexibility index (Phi) is 5.21. The Hall–Kier alpha value is -3.54. The molecule has 2 atom stereocenters. The molecule has 0 unspecified atom stereocenters. The van der Waals surface area contributed by atoms with E-state index in [1.807, 2.05) is 62.4 Å². The summed E-state index contributed by atoms with van der Waals surface area (Å²) in [5.41, 5.74) is 5.63. The molecule has 2 aliphatic rings. The normalized spacial score (nSPS) is 19.8. The molecule has 1 aliphatic heterocycles. The minimum atomic E-state index is -0.201. The second-order valence-electron chi connectivity index (χ2n) is 8.26. The van der Waals surface area contributed by atoms with E-state index >= 15 is 0 Å². The Morgan fingerprint density at radius 1 is 1.03 bits per heavy atom. The number of Topliss-reactive ketones (excluding diaryl/α,β-unsaturated/α-hetero) is 1. The molecule has 0 saturated carbocycles. The number of methoxy groups -OCH3 is 1. The molecule has 164 valence electrons. The van der Waals surface area contributed by atoms with Crippen LogP contribution in [0.3, 0.4) is 0 Å². The van der Waals surface area contributed by atoms with Crippen molar-refractivity contribution < 1.29 is 18.8 Å². The van der Waals surface area contributed by atoms with Crippen LogP contribution >= 0.6 is 0 Å². The van der Waals surface area contributed by atoms with Gasteiger partial charge < -0.3 is 19.3 Å². The van der Waals surface area contributed by atoms with E-state index in [1.54, 1.807) is 7.11 Å². The number of fused-ring (bicyclic) bond motifs is 1. The van der Waals surface area contributed by atoms with Gasteiger partial charge in [0.15, 0.2) is 5.78 Å². The van der Waals surface area contributed by atoms with Crippen molar-refractivity contribution in [2.75, 3.05) is 19.0 Å². The van der Waals surface area contributed by atoms with Gasteiger partial charge in [-0.25, -0.2) is 0 Å². The molecule has 3 aromatic rings. The number of hydrogen-bond donors (Lipinski definition) is 1. The molecule has 0 amide bonds. The molecule has 6 nitrogen and oxygen atoms in total. The van der Waals surface area contributed by atoms with Crippen molar-refractivity contribution in [3.8, 4) is 11.5 Å². The van der Waals surface area contributed by atoms with E-state index < -0.39 is 0 Å². The van der Waals surface area contributed by atoms with E-state index in [2.05, 4.69) is 10.5 Å². The Balaban J connectivity index is 1.54. The molecule has 0 bridgehead atoms. The average molecular weight is 431 g/mol. The van der Waals surface area contributed by atoms with Crippen molar-refractivity contribution in [1.29, 1.82) is 0 Å². The number of nitrogens with one attached hydrogen (secondary N) is 1. The standard InChI is InChI=1S/C26H26N2O4/c1-4-31-20-11-7-17(8-12-20)24-23-15(2)28-32-26(23)27-21-13-18(14-22(29)25(21)24)16-5-9-19(30-3)10-6-16/h5-12,18,24,27H,4,13-14H2,1-3H3/t18-,24+/m0/s1. The lowest BCUT2D eigenvalue weighted by molar-refractivity contribution is -0.116. The van der Waals surface area contributed by atoms with E-state index in [1.165, 1.54) is 0 Å². The number of carbonyl (C=O) groups is 1. The van der Waals surface area contributed by atoms with Gasteiger partial charge in [-0.15, -0.1) is 0 Å². The predicted molar refractivity (Wildman–Crippen MR) is 121 cm³/mol. The highest BCUT2D eigenvalue weighted by atomic mass is 16.5.